The van der Waals surface area contributed by atoms with Crippen LogP contribution in [0.2, 0.25) is 5.02 Å². The van der Waals surface area contributed by atoms with Crippen LogP contribution in [0.4, 0.5) is 0 Å². The summed E-state index contributed by atoms with van der Waals surface area (Å²) in [7, 11) is 0. The van der Waals surface area contributed by atoms with Gasteiger partial charge in [0.2, 0.25) is 0 Å². The van der Waals surface area contributed by atoms with E-state index in [1.807, 2.05) is 48.5 Å². The molecule has 5 aromatic rings. The fourth-order valence-corrected chi connectivity index (χ4v) is 3.19. The van der Waals surface area contributed by atoms with E-state index < -0.39 is 0 Å². The van der Waals surface area contributed by atoms with Crippen LogP contribution in [0.15, 0.2) is 63.4 Å². The Bertz CT molecular complexity index is 1150. The van der Waals surface area contributed by atoms with Gasteiger partial charge in [-0.05, 0) is 36.4 Å². The first-order valence-corrected chi connectivity index (χ1v) is 7.11. The first-order chi connectivity index (χ1) is 10.3. The summed E-state index contributed by atoms with van der Waals surface area (Å²) in [5.41, 5.74) is 3.38. The summed E-state index contributed by atoms with van der Waals surface area (Å²) >= 11 is 6.13. The van der Waals surface area contributed by atoms with Crippen LogP contribution < -0.4 is 0 Å². The molecule has 0 unspecified atom stereocenters. The van der Waals surface area contributed by atoms with Crippen molar-refractivity contribution in [2.45, 2.75) is 0 Å². The largest absolute Gasteiger partial charge is 0.456 e. The van der Waals surface area contributed by atoms with Crippen molar-refractivity contribution in [3.05, 3.63) is 59.6 Å². The molecule has 0 fully saturated rings. The molecule has 0 spiro atoms. The molecule has 0 bridgehead atoms. The molecule has 21 heavy (non-hydrogen) atoms. The fraction of sp³-hybridized carbons (Fsp3) is 0. The maximum atomic E-state index is 6.13. The number of fused-ring (bicyclic) bond motifs is 7. The molecule has 3 aromatic carbocycles. The van der Waals surface area contributed by atoms with Gasteiger partial charge in [-0.15, -0.1) is 0 Å². The highest BCUT2D eigenvalue weighted by Gasteiger charge is 2.15. The molecule has 2 nitrogen and oxygen atoms in total. The molecule has 5 rings (SSSR count). The van der Waals surface area contributed by atoms with Crippen LogP contribution in [0.5, 0.6) is 0 Å². The van der Waals surface area contributed by atoms with Gasteiger partial charge in [-0.25, -0.2) is 0 Å². The van der Waals surface area contributed by atoms with Crippen molar-refractivity contribution in [2.24, 2.45) is 0 Å². The van der Waals surface area contributed by atoms with Crippen molar-refractivity contribution in [1.29, 1.82) is 0 Å². The van der Waals surface area contributed by atoms with E-state index in [4.69, 9.17) is 20.4 Å². The zero-order chi connectivity index (χ0) is 14.0. The average molecular weight is 293 g/mol. The third-order valence-corrected chi connectivity index (χ3v) is 4.17. The Kier molecular flexibility index (Phi) is 2.04. The molecular weight excluding hydrogens is 284 g/mol. The minimum Gasteiger partial charge on any atom is -0.456 e. The molecule has 0 atom stereocenters. The van der Waals surface area contributed by atoms with Crippen LogP contribution >= 0.6 is 11.6 Å². The monoisotopic (exact) mass is 292 g/mol. The van der Waals surface area contributed by atoms with Crippen LogP contribution in [0, 0.1) is 0 Å². The Labute approximate surface area is 124 Å². The van der Waals surface area contributed by atoms with Gasteiger partial charge in [0, 0.05) is 21.2 Å². The normalized spacial score (nSPS) is 12.0. The highest BCUT2D eigenvalue weighted by atomic mass is 35.5. The SMILES string of the molecule is Clc1ccc2oc3ccc4c5ccccc5oc4c3c2c1. The van der Waals surface area contributed by atoms with E-state index in [1.54, 1.807) is 0 Å². The topological polar surface area (TPSA) is 26.3 Å². The standard InChI is InChI=1S/C18H9ClO2/c19-10-5-7-15-13(9-10)17-16(20-15)8-6-12-11-3-1-2-4-14(11)21-18(12)17/h1-9H. The van der Waals surface area contributed by atoms with Crippen LogP contribution in [-0.4, -0.2) is 0 Å². The third-order valence-electron chi connectivity index (χ3n) is 3.94. The average Bonchev–Trinajstić information content (AvgIpc) is 3.04. The van der Waals surface area contributed by atoms with Crippen molar-refractivity contribution in [1.82, 2.24) is 0 Å². The summed E-state index contributed by atoms with van der Waals surface area (Å²) in [6.45, 7) is 0. The van der Waals surface area contributed by atoms with E-state index in [-0.39, 0.29) is 0 Å². The van der Waals surface area contributed by atoms with E-state index in [0.29, 0.717) is 5.02 Å². The fourth-order valence-electron chi connectivity index (χ4n) is 3.02. The number of hydrogen-bond donors (Lipinski definition) is 0. The Morgan fingerprint density at radius 1 is 0.667 bits per heavy atom. The molecule has 2 aromatic heterocycles. The van der Waals surface area contributed by atoms with Gasteiger partial charge in [-0.2, -0.15) is 0 Å². The zero-order valence-corrected chi connectivity index (χ0v) is 11.6. The lowest BCUT2D eigenvalue weighted by Gasteiger charge is -1.92. The van der Waals surface area contributed by atoms with E-state index in [0.717, 1.165) is 43.9 Å². The van der Waals surface area contributed by atoms with Gasteiger partial charge in [0.05, 0.1) is 5.39 Å². The highest BCUT2D eigenvalue weighted by molar-refractivity contribution is 6.32. The predicted octanol–water partition coefficient (Wildman–Crippen LogP) is 6.14. The number of rotatable bonds is 0. The number of hydrogen-bond acceptors (Lipinski definition) is 2. The van der Waals surface area contributed by atoms with Gasteiger partial charge in [0.1, 0.15) is 22.3 Å². The molecule has 0 aliphatic rings. The summed E-state index contributed by atoms with van der Waals surface area (Å²) in [5, 5.41) is 4.88. The Balaban J connectivity index is 2.11. The molecular formula is C18H9ClO2. The molecule has 100 valence electrons. The number of benzene rings is 3. The van der Waals surface area contributed by atoms with Gasteiger partial charge < -0.3 is 8.83 Å². The maximum absolute atomic E-state index is 6.13. The Morgan fingerprint density at radius 3 is 2.43 bits per heavy atom. The Hall–Kier alpha value is -2.45. The lowest BCUT2D eigenvalue weighted by atomic mass is 10.1. The van der Waals surface area contributed by atoms with Crippen LogP contribution in [-0.2, 0) is 0 Å². The Morgan fingerprint density at radius 2 is 1.48 bits per heavy atom. The number of para-hydroxylation sites is 1. The molecule has 0 radical (unpaired) electrons. The van der Waals surface area contributed by atoms with E-state index in [9.17, 15) is 0 Å². The van der Waals surface area contributed by atoms with Crippen molar-refractivity contribution < 1.29 is 8.83 Å². The molecule has 0 aliphatic carbocycles. The van der Waals surface area contributed by atoms with Crippen molar-refractivity contribution in [3.63, 3.8) is 0 Å². The van der Waals surface area contributed by atoms with Gasteiger partial charge in [-0.1, -0.05) is 29.8 Å². The van der Waals surface area contributed by atoms with Crippen molar-refractivity contribution in [2.75, 3.05) is 0 Å². The van der Waals surface area contributed by atoms with Crippen LogP contribution in [0.1, 0.15) is 0 Å². The molecule has 0 saturated carbocycles. The minimum atomic E-state index is 0.693. The predicted molar refractivity (Wildman–Crippen MR) is 86.0 cm³/mol. The maximum Gasteiger partial charge on any atom is 0.147 e. The van der Waals surface area contributed by atoms with Gasteiger partial charge in [0.15, 0.2) is 0 Å². The van der Waals surface area contributed by atoms with Crippen molar-refractivity contribution >= 4 is 55.5 Å². The second kappa shape index (κ2) is 3.80. The zero-order valence-electron chi connectivity index (χ0n) is 10.9. The van der Waals surface area contributed by atoms with Gasteiger partial charge >= 0.3 is 0 Å². The van der Waals surface area contributed by atoms with Gasteiger partial charge in [-0.3, -0.25) is 0 Å². The summed E-state index contributed by atoms with van der Waals surface area (Å²) in [4.78, 5) is 0. The summed E-state index contributed by atoms with van der Waals surface area (Å²) in [6, 6.07) is 17.8. The van der Waals surface area contributed by atoms with Crippen LogP contribution in [0.3, 0.4) is 0 Å². The van der Waals surface area contributed by atoms with Crippen molar-refractivity contribution in [3.8, 4) is 0 Å². The smallest absolute Gasteiger partial charge is 0.147 e. The first kappa shape index (κ1) is 11.2. The lowest BCUT2D eigenvalue weighted by Crippen LogP contribution is -1.69. The second-order valence-electron chi connectivity index (χ2n) is 5.16. The van der Waals surface area contributed by atoms with Crippen LogP contribution in [0.25, 0.3) is 43.9 Å². The summed E-state index contributed by atoms with van der Waals surface area (Å²) < 4.78 is 12.0. The molecule has 0 saturated heterocycles. The summed E-state index contributed by atoms with van der Waals surface area (Å²) in [5.74, 6) is 0. The van der Waals surface area contributed by atoms with E-state index in [1.165, 1.54) is 0 Å². The van der Waals surface area contributed by atoms with E-state index in [2.05, 4.69) is 6.07 Å². The quantitative estimate of drug-likeness (QED) is 0.343. The van der Waals surface area contributed by atoms with Gasteiger partial charge in [0.25, 0.3) is 0 Å². The number of furan rings is 2. The molecule has 0 N–H and O–H groups in total. The molecule has 0 amide bonds. The lowest BCUT2D eigenvalue weighted by molar-refractivity contribution is 0.663. The first-order valence-electron chi connectivity index (χ1n) is 6.73. The minimum absolute atomic E-state index is 0.693. The number of halogens is 1. The second-order valence-corrected chi connectivity index (χ2v) is 5.59. The summed E-state index contributed by atoms with van der Waals surface area (Å²) in [6.07, 6.45) is 0. The molecule has 0 aliphatic heterocycles. The molecule has 2 heterocycles. The highest BCUT2D eigenvalue weighted by Crippen LogP contribution is 2.39. The third kappa shape index (κ3) is 1.43. The molecule has 3 heteroatoms. The van der Waals surface area contributed by atoms with E-state index >= 15 is 0 Å².